The van der Waals surface area contributed by atoms with E-state index in [0.29, 0.717) is 6.73 Å². The number of rotatable bonds is 5. The summed E-state index contributed by atoms with van der Waals surface area (Å²) in [5.74, 6) is 0.946. The van der Waals surface area contributed by atoms with Crippen molar-refractivity contribution in [2.45, 2.75) is 19.4 Å². The topological polar surface area (TPSA) is 37.0 Å². The highest BCUT2D eigenvalue weighted by Crippen LogP contribution is 2.42. The molecule has 0 atom stereocenters. The van der Waals surface area contributed by atoms with Crippen LogP contribution in [0, 0.1) is 0 Å². The van der Waals surface area contributed by atoms with E-state index in [1.165, 1.54) is 34.5 Å². The van der Waals surface area contributed by atoms with Crippen molar-refractivity contribution >= 4 is 11.4 Å². The molecule has 0 spiro atoms. The average Bonchev–Trinajstić information content (AvgIpc) is 2.54. The van der Waals surface area contributed by atoms with Gasteiger partial charge in [0.05, 0.1) is 18.4 Å². The Kier molecular flexibility index (Phi) is 4.78. The molecular formula is C18H27N3O2. The summed E-state index contributed by atoms with van der Waals surface area (Å²) in [4.78, 5) is 4.48. The zero-order valence-corrected chi connectivity index (χ0v) is 14.6. The number of nitrogens with one attached hydrogen (secondary N) is 1. The van der Waals surface area contributed by atoms with Gasteiger partial charge < -0.3 is 24.6 Å². The molecule has 2 aliphatic heterocycles. The first-order valence-electron chi connectivity index (χ1n) is 8.19. The molecule has 2 aliphatic rings. The number of fused-ring (bicyclic) bond motifs is 2. The van der Waals surface area contributed by atoms with Crippen molar-refractivity contribution in [1.29, 1.82) is 0 Å². The summed E-state index contributed by atoms with van der Waals surface area (Å²) in [6.45, 7) is 3.45. The first-order chi connectivity index (χ1) is 11.1. The number of methoxy groups -OCH3 is 2. The maximum Gasteiger partial charge on any atom is 0.130 e. The number of nitrogens with zero attached hydrogens (tertiary/aromatic N) is 2. The monoisotopic (exact) mass is 317 g/mol. The molecule has 0 radical (unpaired) electrons. The minimum Gasteiger partial charge on any atom is -0.496 e. The van der Waals surface area contributed by atoms with Gasteiger partial charge in [-0.15, -0.1) is 0 Å². The van der Waals surface area contributed by atoms with Crippen LogP contribution < -0.4 is 15.0 Å². The third-order valence-electron chi connectivity index (χ3n) is 4.43. The number of ether oxygens (including phenoxy) is 2. The fourth-order valence-electron chi connectivity index (χ4n) is 3.55. The van der Waals surface area contributed by atoms with Gasteiger partial charge in [-0.3, -0.25) is 0 Å². The summed E-state index contributed by atoms with van der Waals surface area (Å²) < 4.78 is 11.2. The van der Waals surface area contributed by atoms with E-state index in [-0.39, 0.29) is 0 Å². The van der Waals surface area contributed by atoms with Gasteiger partial charge in [0.2, 0.25) is 0 Å². The molecule has 23 heavy (non-hydrogen) atoms. The molecule has 0 amide bonds. The highest BCUT2D eigenvalue weighted by Gasteiger charge is 2.29. The Morgan fingerprint density at radius 2 is 2.09 bits per heavy atom. The lowest BCUT2D eigenvalue weighted by Crippen LogP contribution is -2.36. The van der Waals surface area contributed by atoms with Crippen molar-refractivity contribution in [2.75, 3.05) is 53.0 Å². The molecule has 0 aliphatic carbocycles. The van der Waals surface area contributed by atoms with E-state index in [2.05, 4.69) is 41.3 Å². The molecule has 0 bridgehead atoms. The predicted octanol–water partition coefficient (Wildman–Crippen LogP) is 2.28. The van der Waals surface area contributed by atoms with E-state index in [1.54, 1.807) is 14.2 Å². The van der Waals surface area contributed by atoms with Crippen LogP contribution in [0.3, 0.4) is 0 Å². The molecule has 1 aromatic rings. The SMILES string of the molecule is COCN1CC2=C(NCCC2)c2c(OC)cc(CN(C)C)cc21. The highest BCUT2D eigenvalue weighted by atomic mass is 16.5. The van der Waals surface area contributed by atoms with Gasteiger partial charge in [0.15, 0.2) is 0 Å². The molecule has 0 aromatic heterocycles. The van der Waals surface area contributed by atoms with Crippen LogP contribution in [0.1, 0.15) is 24.0 Å². The fraction of sp³-hybridized carbons (Fsp3) is 0.556. The Labute approximate surface area is 138 Å². The fourth-order valence-corrected chi connectivity index (χ4v) is 3.55. The summed E-state index contributed by atoms with van der Waals surface area (Å²) in [6, 6.07) is 4.44. The molecule has 1 aromatic carbocycles. The zero-order valence-electron chi connectivity index (χ0n) is 14.6. The molecule has 126 valence electrons. The number of benzene rings is 1. The van der Waals surface area contributed by atoms with Gasteiger partial charge in [-0.25, -0.2) is 0 Å². The van der Waals surface area contributed by atoms with Gasteiger partial charge in [0.25, 0.3) is 0 Å². The predicted molar refractivity (Wildman–Crippen MR) is 93.8 cm³/mol. The van der Waals surface area contributed by atoms with Crippen molar-refractivity contribution in [3.05, 3.63) is 28.8 Å². The van der Waals surface area contributed by atoms with Gasteiger partial charge in [-0.1, -0.05) is 0 Å². The molecule has 0 saturated carbocycles. The van der Waals surface area contributed by atoms with E-state index >= 15 is 0 Å². The largest absolute Gasteiger partial charge is 0.496 e. The zero-order chi connectivity index (χ0) is 16.4. The van der Waals surface area contributed by atoms with Crippen LogP contribution in [0.25, 0.3) is 5.70 Å². The molecule has 0 unspecified atom stereocenters. The quantitative estimate of drug-likeness (QED) is 0.902. The molecule has 0 saturated heterocycles. The van der Waals surface area contributed by atoms with Crippen molar-refractivity contribution in [3.63, 3.8) is 0 Å². The summed E-state index contributed by atoms with van der Waals surface area (Å²) in [5, 5.41) is 3.60. The van der Waals surface area contributed by atoms with Gasteiger partial charge in [-0.05, 0) is 50.2 Å². The van der Waals surface area contributed by atoms with E-state index in [1.807, 2.05) is 0 Å². The Balaban J connectivity index is 2.12. The van der Waals surface area contributed by atoms with E-state index in [4.69, 9.17) is 9.47 Å². The smallest absolute Gasteiger partial charge is 0.130 e. The molecule has 5 heteroatoms. The van der Waals surface area contributed by atoms with Crippen molar-refractivity contribution in [3.8, 4) is 5.75 Å². The lowest BCUT2D eigenvalue weighted by molar-refractivity contribution is 0.198. The average molecular weight is 317 g/mol. The van der Waals surface area contributed by atoms with Gasteiger partial charge >= 0.3 is 0 Å². The van der Waals surface area contributed by atoms with E-state index in [0.717, 1.165) is 31.8 Å². The van der Waals surface area contributed by atoms with E-state index in [9.17, 15) is 0 Å². The summed E-state index contributed by atoms with van der Waals surface area (Å²) in [7, 11) is 7.68. The minimum atomic E-state index is 0.596. The first-order valence-corrected chi connectivity index (χ1v) is 8.19. The van der Waals surface area contributed by atoms with Crippen molar-refractivity contribution in [2.24, 2.45) is 0 Å². The number of anilines is 1. The molecule has 0 fully saturated rings. The third kappa shape index (κ3) is 3.16. The molecular weight excluding hydrogens is 290 g/mol. The Morgan fingerprint density at radius 1 is 1.26 bits per heavy atom. The molecule has 5 nitrogen and oxygen atoms in total. The van der Waals surface area contributed by atoms with Gasteiger partial charge in [-0.2, -0.15) is 0 Å². The highest BCUT2D eigenvalue weighted by molar-refractivity contribution is 5.86. The van der Waals surface area contributed by atoms with Crippen molar-refractivity contribution < 1.29 is 9.47 Å². The van der Waals surface area contributed by atoms with Crippen LogP contribution in [0.4, 0.5) is 5.69 Å². The van der Waals surface area contributed by atoms with Crippen LogP contribution in [0.2, 0.25) is 0 Å². The lowest BCUT2D eigenvalue weighted by atomic mass is 9.91. The molecule has 1 N–H and O–H groups in total. The van der Waals surface area contributed by atoms with Crippen molar-refractivity contribution in [1.82, 2.24) is 10.2 Å². The Hall–Kier alpha value is -1.72. The van der Waals surface area contributed by atoms with Crippen LogP contribution in [-0.4, -0.2) is 53.0 Å². The molecule has 2 heterocycles. The standard InChI is InChI=1S/C18H27N3O2/c1-20(2)10-13-8-15-17(16(9-13)23-4)18-14(6-5-7-19-18)11-21(15)12-22-3/h8-9,19H,5-7,10-12H2,1-4H3. The minimum absolute atomic E-state index is 0.596. The second-order valence-electron chi connectivity index (χ2n) is 6.55. The lowest BCUT2D eigenvalue weighted by Gasteiger charge is -2.37. The number of hydrogen-bond donors (Lipinski definition) is 1. The second-order valence-corrected chi connectivity index (χ2v) is 6.55. The third-order valence-corrected chi connectivity index (χ3v) is 4.43. The maximum atomic E-state index is 5.75. The maximum absolute atomic E-state index is 5.75. The van der Waals surface area contributed by atoms with Crippen LogP contribution >= 0.6 is 0 Å². The summed E-state index contributed by atoms with van der Waals surface area (Å²) in [6.07, 6.45) is 2.33. The van der Waals surface area contributed by atoms with E-state index < -0.39 is 0 Å². The van der Waals surface area contributed by atoms with Crippen LogP contribution in [0.15, 0.2) is 17.7 Å². The number of hydrogen-bond acceptors (Lipinski definition) is 5. The Bertz CT molecular complexity index is 611. The van der Waals surface area contributed by atoms with Gasteiger partial charge in [0, 0.05) is 32.4 Å². The summed E-state index contributed by atoms with van der Waals surface area (Å²) in [5.41, 5.74) is 6.38. The van der Waals surface area contributed by atoms with Crippen LogP contribution in [0.5, 0.6) is 5.75 Å². The summed E-state index contributed by atoms with van der Waals surface area (Å²) >= 11 is 0. The van der Waals surface area contributed by atoms with Gasteiger partial charge in [0.1, 0.15) is 12.5 Å². The second kappa shape index (κ2) is 6.81. The first kappa shape index (κ1) is 16.1. The Morgan fingerprint density at radius 3 is 2.78 bits per heavy atom. The normalized spacial score (nSPS) is 17.0. The van der Waals surface area contributed by atoms with Crippen LogP contribution in [-0.2, 0) is 11.3 Å². The molecule has 3 rings (SSSR count).